The van der Waals surface area contributed by atoms with E-state index in [1.54, 1.807) is 27.2 Å². The molecule has 0 spiro atoms. The average molecular weight is 532 g/mol. The van der Waals surface area contributed by atoms with Gasteiger partial charge in [-0.2, -0.15) is 0 Å². The number of sulfone groups is 1. The van der Waals surface area contributed by atoms with Crippen LogP contribution in [0.1, 0.15) is 25.1 Å². The SMILES string of the molecule is CN=C(NCCc1coc(-c2ccc(C)cc2)n1)N1CCS(=O)(=O)C(C)(C)C1.I. The van der Waals surface area contributed by atoms with Gasteiger partial charge in [-0.15, -0.1) is 24.0 Å². The van der Waals surface area contributed by atoms with Crippen molar-refractivity contribution in [2.75, 3.05) is 32.4 Å². The summed E-state index contributed by atoms with van der Waals surface area (Å²) in [4.78, 5) is 10.9. The van der Waals surface area contributed by atoms with Crippen LogP contribution in [0.2, 0.25) is 0 Å². The van der Waals surface area contributed by atoms with Crippen LogP contribution in [-0.4, -0.2) is 61.4 Å². The van der Waals surface area contributed by atoms with E-state index in [2.05, 4.69) is 15.3 Å². The molecule has 29 heavy (non-hydrogen) atoms. The molecule has 1 aromatic carbocycles. The molecule has 1 N–H and O–H groups in total. The Labute approximate surface area is 189 Å². The molecular formula is C20H29IN4O3S. The standard InChI is InChI=1S/C20H28N4O3S.HI/c1-15-5-7-16(8-6-15)18-23-17(13-27-18)9-10-22-19(21-4)24-11-12-28(25,26)20(2,3)14-24;/h5-8,13H,9-12,14H2,1-4H3,(H,21,22);1H. The van der Waals surface area contributed by atoms with Crippen LogP contribution in [0.25, 0.3) is 11.5 Å². The Bertz CT molecular complexity index is 952. The predicted octanol–water partition coefficient (Wildman–Crippen LogP) is 2.89. The second-order valence-corrected chi connectivity index (χ2v) is 10.5. The summed E-state index contributed by atoms with van der Waals surface area (Å²) >= 11 is 0. The van der Waals surface area contributed by atoms with Crippen LogP contribution in [0.5, 0.6) is 0 Å². The summed E-state index contributed by atoms with van der Waals surface area (Å²) in [5, 5.41) is 3.31. The van der Waals surface area contributed by atoms with Crippen LogP contribution in [0.15, 0.2) is 39.9 Å². The maximum atomic E-state index is 12.2. The molecule has 1 fully saturated rings. The highest BCUT2D eigenvalue weighted by atomic mass is 127. The number of oxazole rings is 1. The first-order valence-electron chi connectivity index (χ1n) is 9.41. The Hall–Kier alpha value is -1.62. The summed E-state index contributed by atoms with van der Waals surface area (Å²) in [6, 6.07) is 8.06. The van der Waals surface area contributed by atoms with E-state index in [0.29, 0.717) is 37.9 Å². The summed E-state index contributed by atoms with van der Waals surface area (Å²) < 4.78 is 29.2. The van der Waals surface area contributed by atoms with E-state index in [0.717, 1.165) is 11.3 Å². The van der Waals surface area contributed by atoms with Crippen LogP contribution in [0.3, 0.4) is 0 Å². The van der Waals surface area contributed by atoms with Gasteiger partial charge < -0.3 is 14.6 Å². The number of aliphatic imine (C=N–C) groups is 1. The van der Waals surface area contributed by atoms with Crippen molar-refractivity contribution in [2.24, 2.45) is 4.99 Å². The first-order valence-corrected chi connectivity index (χ1v) is 11.1. The Kier molecular flexibility index (Phi) is 7.72. The van der Waals surface area contributed by atoms with E-state index >= 15 is 0 Å². The molecule has 1 aromatic heterocycles. The Balaban J connectivity index is 0.00000300. The van der Waals surface area contributed by atoms with Crippen molar-refractivity contribution in [2.45, 2.75) is 31.9 Å². The molecule has 2 aromatic rings. The van der Waals surface area contributed by atoms with Crippen LogP contribution < -0.4 is 5.32 Å². The van der Waals surface area contributed by atoms with E-state index in [-0.39, 0.29) is 29.7 Å². The fraction of sp³-hybridized carbons (Fsp3) is 0.500. The van der Waals surface area contributed by atoms with Gasteiger partial charge in [-0.1, -0.05) is 17.7 Å². The monoisotopic (exact) mass is 532 g/mol. The molecule has 160 valence electrons. The zero-order valence-electron chi connectivity index (χ0n) is 17.3. The van der Waals surface area contributed by atoms with Gasteiger partial charge in [0, 0.05) is 38.7 Å². The van der Waals surface area contributed by atoms with Crippen LogP contribution in [-0.2, 0) is 16.3 Å². The van der Waals surface area contributed by atoms with Gasteiger partial charge in [-0.05, 0) is 32.9 Å². The van der Waals surface area contributed by atoms with Gasteiger partial charge in [0.05, 0.1) is 16.2 Å². The minimum absolute atomic E-state index is 0. The van der Waals surface area contributed by atoms with Crippen molar-refractivity contribution >= 4 is 39.8 Å². The average Bonchev–Trinajstić information content (AvgIpc) is 3.11. The van der Waals surface area contributed by atoms with E-state index < -0.39 is 14.6 Å². The molecule has 1 saturated heterocycles. The second-order valence-electron chi connectivity index (χ2n) is 7.73. The van der Waals surface area contributed by atoms with E-state index in [1.165, 1.54) is 5.56 Å². The smallest absolute Gasteiger partial charge is 0.226 e. The van der Waals surface area contributed by atoms with Gasteiger partial charge in [-0.3, -0.25) is 4.99 Å². The normalized spacial score (nSPS) is 18.2. The molecule has 1 aliphatic rings. The lowest BCUT2D eigenvalue weighted by Gasteiger charge is -2.39. The van der Waals surface area contributed by atoms with E-state index in [4.69, 9.17) is 4.42 Å². The number of nitrogens with one attached hydrogen (secondary N) is 1. The van der Waals surface area contributed by atoms with Crippen LogP contribution >= 0.6 is 24.0 Å². The minimum atomic E-state index is -3.07. The molecule has 0 radical (unpaired) electrons. The molecule has 0 atom stereocenters. The van der Waals surface area contributed by atoms with Crippen molar-refractivity contribution in [1.29, 1.82) is 0 Å². The first kappa shape index (κ1) is 23.7. The molecule has 7 nitrogen and oxygen atoms in total. The highest BCUT2D eigenvalue weighted by Crippen LogP contribution is 2.23. The van der Waals surface area contributed by atoms with Crippen molar-refractivity contribution in [3.8, 4) is 11.5 Å². The minimum Gasteiger partial charge on any atom is -0.444 e. The maximum absolute atomic E-state index is 12.2. The van der Waals surface area contributed by atoms with Crippen molar-refractivity contribution in [3.63, 3.8) is 0 Å². The summed E-state index contributed by atoms with van der Waals surface area (Å²) in [6.45, 7) is 7.09. The van der Waals surface area contributed by atoms with Crippen molar-refractivity contribution in [3.05, 3.63) is 41.8 Å². The maximum Gasteiger partial charge on any atom is 0.226 e. The fourth-order valence-corrected chi connectivity index (χ4v) is 4.58. The van der Waals surface area contributed by atoms with Gasteiger partial charge in [0.2, 0.25) is 5.89 Å². The number of hydrogen-bond acceptors (Lipinski definition) is 5. The number of aryl methyl sites for hydroxylation is 1. The van der Waals surface area contributed by atoms with Crippen LogP contribution in [0, 0.1) is 6.92 Å². The van der Waals surface area contributed by atoms with Gasteiger partial charge in [0.1, 0.15) is 6.26 Å². The van der Waals surface area contributed by atoms with Gasteiger partial charge >= 0.3 is 0 Å². The largest absolute Gasteiger partial charge is 0.444 e. The number of aromatic nitrogens is 1. The third kappa shape index (κ3) is 5.50. The third-order valence-corrected chi connectivity index (χ3v) is 7.60. The number of guanidine groups is 1. The zero-order chi connectivity index (χ0) is 20.4. The quantitative estimate of drug-likeness (QED) is 0.370. The lowest BCUT2D eigenvalue weighted by Crippen LogP contribution is -2.57. The molecule has 9 heteroatoms. The van der Waals surface area contributed by atoms with Gasteiger partial charge in [0.25, 0.3) is 0 Å². The van der Waals surface area contributed by atoms with E-state index in [9.17, 15) is 8.42 Å². The van der Waals surface area contributed by atoms with E-state index in [1.807, 2.05) is 36.1 Å². The topological polar surface area (TPSA) is 87.8 Å². The molecule has 0 saturated carbocycles. The van der Waals surface area contributed by atoms with Gasteiger partial charge in [0.15, 0.2) is 15.8 Å². The summed E-state index contributed by atoms with van der Waals surface area (Å²) in [5.41, 5.74) is 3.01. The summed E-state index contributed by atoms with van der Waals surface area (Å²) in [7, 11) is -1.36. The third-order valence-electron chi connectivity index (χ3n) is 5.07. The second kappa shape index (κ2) is 9.46. The van der Waals surface area contributed by atoms with Crippen LogP contribution in [0.4, 0.5) is 0 Å². The number of benzene rings is 1. The van der Waals surface area contributed by atoms with Crippen molar-refractivity contribution in [1.82, 2.24) is 15.2 Å². The summed E-state index contributed by atoms with van der Waals surface area (Å²) in [6.07, 6.45) is 2.36. The Morgan fingerprint density at radius 2 is 2.00 bits per heavy atom. The molecule has 3 rings (SSSR count). The molecule has 2 heterocycles. The highest BCUT2D eigenvalue weighted by molar-refractivity contribution is 14.0. The Morgan fingerprint density at radius 3 is 2.62 bits per heavy atom. The lowest BCUT2D eigenvalue weighted by molar-refractivity contribution is 0.353. The van der Waals surface area contributed by atoms with Gasteiger partial charge in [-0.25, -0.2) is 13.4 Å². The molecular weight excluding hydrogens is 503 g/mol. The van der Waals surface area contributed by atoms with Crippen molar-refractivity contribution < 1.29 is 12.8 Å². The predicted molar refractivity (Wildman–Crippen MR) is 127 cm³/mol. The number of nitrogens with zero attached hydrogens (tertiary/aromatic N) is 3. The molecule has 0 bridgehead atoms. The highest BCUT2D eigenvalue weighted by Gasteiger charge is 2.40. The fourth-order valence-electron chi connectivity index (χ4n) is 3.21. The number of hydrogen-bond donors (Lipinski definition) is 1. The number of halogens is 1. The number of rotatable bonds is 4. The molecule has 1 aliphatic heterocycles. The summed E-state index contributed by atoms with van der Waals surface area (Å²) in [5.74, 6) is 1.47. The molecule has 0 aliphatic carbocycles. The zero-order valence-corrected chi connectivity index (χ0v) is 20.5. The molecule has 0 amide bonds. The molecule has 0 unspecified atom stereocenters. The lowest BCUT2D eigenvalue weighted by atomic mass is 10.1. The first-order chi connectivity index (χ1) is 13.2. The Morgan fingerprint density at radius 1 is 1.31 bits per heavy atom.